The fourth-order valence-corrected chi connectivity index (χ4v) is 5.91. The number of nitrogens with zero attached hydrogens (tertiary/aromatic N) is 1. The Labute approximate surface area is 135 Å². The molecule has 0 amide bonds. The SMILES string of the molecule is C=CCCN1CCC23CCCCC2(CCc2ccccc23)C1. The fourth-order valence-electron chi connectivity index (χ4n) is 5.91. The van der Waals surface area contributed by atoms with E-state index in [0.717, 1.165) is 6.42 Å². The molecule has 2 aliphatic carbocycles. The molecular weight excluding hydrogens is 266 g/mol. The van der Waals surface area contributed by atoms with Crippen LogP contribution in [0.15, 0.2) is 36.9 Å². The van der Waals surface area contributed by atoms with E-state index in [1.165, 1.54) is 64.6 Å². The maximum Gasteiger partial charge on any atom is 0.00468 e. The van der Waals surface area contributed by atoms with Crippen LogP contribution in [0.3, 0.4) is 0 Å². The van der Waals surface area contributed by atoms with Gasteiger partial charge < -0.3 is 4.90 Å². The lowest BCUT2D eigenvalue weighted by Gasteiger charge is -2.62. The quantitative estimate of drug-likeness (QED) is 0.730. The lowest BCUT2D eigenvalue weighted by atomic mass is 9.46. The molecule has 0 aromatic heterocycles. The lowest BCUT2D eigenvalue weighted by Crippen LogP contribution is -2.61. The number of hydrogen-bond donors (Lipinski definition) is 0. The highest BCUT2D eigenvalue weighted by atomic mass is 15.1. The van der Waals surface area contributed by atoms with Crippen molar-refractivity contribution in [2.75, 3.05) is 19.6 Å². The first-order valence-electron chi connectivity index (χ1n) is 9.21. The van der Waals surface area contributed by atoms with Crippen molar-refractivity contribution < 1.29 is 0 Å². The van der Waals surface area contributed by atoms with E-state index in [1.54, 1.807) is 11.1 Å². The van der Waals surface area contributed by atoms with Gasteiger partial charge in [0.2, 0.25) is 0 Å². The number of rotatable bonds is 3. The summed E-state index contributed by atoms with van der Waals surface area (Å²) < 4.78 is 0. The number of fused-ring (bicyclic) bond motifs is 1. The van der Waals surface area contributed by atoms with Crippen LogP contribution in [0, 0.1) is 5.41 Å². The van der Waals surface area contributed by atoms with Crippen LogP contribution in [0.4, 0.5) is 0 Å². The topological polar surface area (TPSA) is 3.24 Å². The van der Waals surface area contributed by atoms with Crippen molar-refractivity contribution in [1.29, 1.82) is 0 Å². The molecule has 4 rings (SSSR count). The third-order valence-electron chi connectivity index (χ3n) is 6.96. The summed E-state index contributed by atoms with van der Waals surface area (Å²) in [7, 11) is 0. The van der Waals surface area contributed by atoms with Crippen LogP contribution in [0.25, 0.3) is 0 Å². The molecule has 1 nitrogen and oxygen atoms in total. The normalized spacial score (nSPS) is 34.4. The second-order valence-electron chi connectivity index (χ2n) is 7.83. The summed E-state index contributed by atoms with van der Waals surface area (Å²) >= 11 is 0. The van der Waals surface area contributed by atoms with Crippen LogP contribution in [-0.4, -0.2) is 24.5 Å². The van der Waals surface area contributed by atoms with Gasteiger partial charge in [0, 0.05) is 18.5 Å². The third kappa shape index (κ3) is 2.01. The zero-order valence-corrected chi connectivity index (χ0v) is 13.8. The standard InChI is InChI=1S/C21H29N/c1-2-3-15-22-16-14-21-12-7-6-11-20(21,17-22)13-10-18-8-4-5-9-19(18)21/h2,4-5,8-9H,1,3,6-7,10-17H2. The van der Waals surface area contributed by atoms with Gasteiger partial charge in [-0.2, -0.15) is 0 Å². The molecule has 118 valence electrons. The minimum absolute atomic E-state index is 0.491. The predicted octanol–water partition coefficient (Wildman–Crippen LogP) is 4.71. The van der Waals surface area contributed by atoms with Gasteiger partial charge in [0.1, 0.15) is 0 Å². The molecule has 2 fully saturated rings. The molecule has 0 bridgehead atoms. The molecule has 1 aliphatic heterocycles. The predicted molar refractivity (Wildman–Crippen MR) is 93.2 cm³/mol. The first-order chi connectivity index (χ1) is 10.8. The van der Waals surface area contributed by atoms with Crippen molar-refractivity contribution in [2.24, 2.45) is 5.41 Å². The molecule has 1 saturated heterocycles. The van der Waals surface area contributed by atoms with Crippen LogP contribution in [-0.2, 0) is 11.8 Å². The summed E-state index contributed by atoms with van der Waals surface area (Å²) in [6, 6.07) is 9.38. The highest BCUT2D eigenvalue weighted by Crippen LogP contribution is 2.61. The molecule has 2 unspecified atom stereocenters. The van der Waals surface area contributed by atoms with Crippen molar-refractivity contribution in [3.63, 3.8) is 0 Å². The Balaban J connectivity index is 1.72. The Bertz CT molecular complexity index is 563. The summed E-state index contributed by atoms with van der Waals surface area (Å²) in [6.07, 6.45) is 13.1. The average Bonchev–Trinajstić information content (AvgIpc) is 2.58. The van der Waals surface area contributed by atoms with E-state index in [1.807, 2.05) is 0 Å². The van der Waals surface area contributed by atoms with Crippen LogP contribution >= 0.6 is 0 Å². The zero-order chi connectivity index (χ0) is 15.0. The van der Waals surface area contributed by atoms with Crippen molar-refractivity contribution in [3.8, 4) is 0 Å². The average molecular weight is 295 g/mol. The molecule has 3 aliphatic rings. The van der Waals surface area contributed by atoms with Gasteiger partial charge in [-0.05, 0) is 61.6 Å². The Kier molecular flexibility index (Phi) is 3.64. The summed E-state index contributed by atoms with van der Waals surface area (Å²) in [4.78, 5) is 2.74. The first kappa shape index (κ1) is 14.5. The fraction of sp³-hybridized carbons (Fsp3) is 0.619. The number of piperidine rings is 1. The summed E-state index contributed by atoms with van der Waals surface area (Å²) in [5.41, 5.74) is 4.42. The highest BCUT2D eigenvalue weighted by molar-refractivity contribution is 5.41. The van der Waals surface area contributed by atoms with E-state index in [2.05, 4.69) is 41.8 Å². The molecule has 0 radical (unpaired) electrons. The van der Waals surface area contributed by atoms with E-state index in [4.69, 9.17) is 0 Å². The Morgan fingerprint density at radius 2 is 1.95 bits per heavy atom. The van der Waals surface area contributed by atoms with Crippen LogP contribution in [0.5, 0.6) is 0 Å². The van der Waals surface area contributed by atoms with Crippen molar-refractivity contribution >= 4 is 0 Å². The smallest absolute Gasteiger partial charge is 0.00468 e. The second-order valence-corrected chi connectivity index (χ2v) is 7.83. The van der Waals surface area contributed by atoms with Crippen LogP contribution in [0.2, 0.25) is 0 Å². The van der Waals surface area contributed by atoms with E-state index >= 15 is 0 Å². The van der Waals surface area contributed by atoms with Gasteiger partial charge in [0.05, 0.1) is 0 Å². The highest BCUT2D eigenvalue weighted by Gasteiger charge is 2.57. The molecule has 1 heterocycles. The molecule has 2 atom stereocenters. The Morgan fingerprint density at radius 3 is 2.86 bits per heavy atom. The maximum absolute atomic E-state index is 3.91. The van der Waals surface area contributed by atoms with Gasteiger partial charge in [-0.15, -0.1) is 6.58 Å². The Hall–Kier alpha value is -1.08. The first-order valence-corrected chi connectivity index (χ1v) is 9.21. The summed E-state index contributed by atoms with van der Waals surface area (Å²) in [5, 5.41) is 0. The van der Waals surface area contributed by atoms with E-state index in [9.17, 15) is 0 Å². The zero-order valence-electron chi connectivity index (χ0n) is 13.8. The molecule has 1 aromatic rings. The van der Waals surface area contributed by atoms with Crippen molar-refractivity contribution in [3.05, 3.63) is 48.0 Å². The van der Waals surface area contributed by atoms with Crippen molar-refractivity contribution in [2.45, 2.75) is 56.8 Å². The maximum atomic E-state index is 3.91. The molecule has 0 spiro atoms. The van der Waals surface area contributed by atoms with Gasteiger partial charge in [-0.25, -0.2) is 0 Å². The van der Waals surface area contributed by atoms with Crippen LogP contribution < -0.4 is 0 Å². The van der Waals surface area contributed by atoms with Crippen LogP contribution in [0.1, 0.15) is 56.1 Å². The largest absolute Gasteiger partial charge is 0.302 e. The molecule has 1 aromatic carbocycles. The summed E-state index contributed by atoms with van der Waals surface area (Å²) in [5.74, 6) is 0. The third-order valence-corrected chi connectivity index (χ3v) is 6.96. The lowest BCUT2D eigenvalue weighted by molar-refractivity contribution is -0.0474. The van der Waals surface area contributed by atoms with Gasteiger partial charge in [-0.1, -0.05) is 43.2 Å². The molecular formula is C21H29N. The number of hydrogen-bond acceptors (Lipinski definition) is 1. The van der Waals surface area contributed by atoms with Crippen molar-refractivity contribution in [1.82, 2.24) is 4.90 Å². The number of aryl methyl sites for hydroxylation is 1. The van der Waals surface area contributed by atoms with Gasteiger partial charge >= 0.3 is 0 Å². The monoisotopic (exact) mass is 295 g/mol. The van der Waals surface area contributed by atoms with Gasteiger partial charge in [-0.3, -0.25) is 0 Å². The molecule has 22 heavy (non-hydrogen) atoms. The summed E-state index contributed by atoms with van der Waals surface area (Å²) in [6.45, 7) is 7.73. The molecule has 1 heteroatoms. The minimum atomic E-state index is 0.491. The molecule has 0 N–H and O–H groups in total. The van der Waals surface area contributed by atoms with Gasteiger partial charge in [0.15, 0.2) is 0 Å². The minimum Gasteiger partial charge on any atom is -0.302 e. The van der Waals surface area contributed by atoms with E-state index in [0.29, 0.717) is 10.8 Å². The van der Waals surface area contributed by atoms with E-state index < -0.39 is 0 Å². The Morgan fingerprint density at radius 1 is 1.09 bits per heavy atom. The molecule has 1 saturated carbocycles. The second kappa shape index (κ2) is 5.53. The van der Waals surface area contributed by atoms with Gasteiger partial charge in [0.25, 0.3) is 0 Å². The number of likely N-dealkylation sites (tertiary alicyclic amines) is 1. The number of benzene rings is 1. The van der Waals surface area contributed by atoms with E-state index in [-0.39, 0.29) is 0 Å².